The normalized spacial score (nSPS) is 11.7. The largest absolute Gasteiger partial charge is 0.481 e. The molecule has 126 valence electrons. The van der Waals surface area contributed by atoms with E-state index in [1.165, 1.54) is 0 Å². The van der Waals surface area contributed by atoms with Gasteiger partial charge in [0, 0.05) is 12.5 Å². The van der Waals surface area contributed by atoms with Crippen LogP contribution in [0.1, 0.15) is 23.3 Å². The second-order valence-corrected chi connectivity index (χ2v) is 4.98. The third kappa shape index (κ3) is 4.09. The number of aromatic amines is 1. The van der Waals surface area contributed by atoms with Crippen molar-refractivity contribution in [3.05, 3.63) is 52.4 Å². The molecule has 0 fully saturated rings. The quantitative estimate of drug-likeness (QED) is 0.571. The first-order valence-electron chi connectivity index (χ1n) is 7.01. The molecule has 0 aliphatic heterocycles. The van der Waals surface area contributed by atoms with E-state index in [1.54, 1.807) is 30.3 Å². The van der Waals surface area contributed by atoms with Crippen molar-refractivity contribution in [2.75, 3.05) is 0 Å². The Morgan fingerprint density at radius 2 is 1.83 bits per heavy atom. The molecular formula is C15H15N3O6. The van der Waals surface area contributed by atoms with E-state index in [1.807, 2.05) is 0 Å². The fourth-order valence-electron chi connectivity index (χ4n) is 2.04. The van der Waals surface area contributed by atoms with Crippen LogP contribution in [-0.2, 0) is 9.59 Å². The molecule has 0 bridgehead atoms. The molecule has 1 amide bonds. The van der Waals surface area contributed by atoms with Gasteiger partial charge in [-0.05, 0) is 18.6 Å². The van der Waals surface area contributed by atoms with Gasteiger partial charge in [-0.2, -0.15) is 0 Å². The number of hydrogen-bond donors (Lipinski definition) is 4. The second-order valence-electron chi connectivity index (χ2n) is 4.98. The fraction of sp³-hybridized carbons (Fsp3) is 0.200. The lowest BCUT2D eigenvalue weighted by molar-refractivity contribution is -0.140. The van der Waals surface area contributed by atoms with Gasteiger partial charge in [0.25, 0.3) is 11.5 Å². The van der Waals surface area contributed by atoms with Crippen molar-refractivity contribution in [3.63, 3.8) is 0 Å². The highest BCUT2D eigenvalue weighted by atomic mass is 16.4. The Balaban J connectivity index is 2.16. The second kappa shape index (κ2) is 7.27. The lowest BCUT2D eigenvalue weighted by Gasteiger charge is -2.12. The average molecular weight is 333 g/mol. The van der Waals surface area contributed by atoms with Crippen molar-refractivity contribution in [1.82, 2.24) is 15.1 Å². The van der Waals surface area contributed by atoms with Crippen LogP contribution in [0.15, 0.2) is 41.2 Å². The van der Waals surface area contributed by atoms with Crippen molar-refractivity contribution >= 4 is 17.8 Å². The molecule has 1 aromatic heterocycles. The average Bonchev–Trinajstić information content (AvgIpc) is 2.93. The number of aliphatic carboxylic acids is 2. The maximum absolute atomic E-state index is 12.1. The topological polar surface area (TPSA) is 141 Å². The zero-order chi connectivity index (χ0) is 17.7. The first kappa shape index (κ1) is 17.0. The van der Waals surface area contributed by atoms with Crippen LogP contribution in [0.3, 0.4) is 0 Å². The number of rotatable bonds is 7. The monoisotopic (exact) mass is 333 g/mol. The minimum atomic E-state index is -1.36. The maximum atomic E-state index is 12.1. The molecule has 0 saturated carbocycles. The lowest BCUT2D eigenvalue weighted by atomic mass is 10.1. The maximum Gasteiger partial charge on any atom is 0.326 e. The molecule has 1 atom stereocenters. The van der Waals surface area contributed by atoms with Crippen LogP contribution in [0.5, 0.6) is 0 Å². The van der Waals surface area contributed by atoms with Gasteiger partial charge in [-0.15, -0.1) is 0 Å². The Morgan fingerprint density at radius 1 is 1.17 bits per heavy atom. The molecule has 0 spiro atoms. The number of aromatic nitrogens is 2. The summed E-state index contributed by atoms with van der Waals surface area (Å²) in [7, 11) is 0. The molecular weight excluding hydrogens is 318 g/mol. The SMILES string of the molecule is O=C(O)CC[C@H](NC(=O)c1cc(=O)n(-c2ccccc2)[nH]1)C(=O)O. The molecule has 0 unspecified atom stereocenters. The molecule has 9 nitrogen and oxygen atoms in total. The number of benzene rings is 1. The van der Waals surface area contributed by atoms with Crippen molar-refractivity contribution in [2.45, 2.75) is 18.9 Å². The van der Waals surface area contributed by atoms with Crippen LogP contribution in [0.2, 0.25) is 0 Å². The Bertz CT molecular complexity index is 808. The summed E-state index contributed by atoms with van der Waals surface area (Å²) in [5, 5.41) is 22.4. The van der Waals surface area contributed by atoms with Crippen LogP contribution in [0.4, 0.5) is 0 Å². The predicted molar refractivity (Wildman–Crippen MR) is 82.1 cm³/mol. The molecule has 9 heteroatoms. The third-order valence-corrected chi connectivity index (χ3v) is 3.23. The molecule has 4 N–H and O–H groups in total. The van der Waals surface area contributed by atoms with E-state index in [-0.39, 0.29) is 12.1 Å². The highest BCUT2D eigenvalue weighted by molar-refractivity contribution is 5.95. The molecule has 1 heterocycles. The summed E-state index contributed by atoms with van der Waals surface area (Å²) in [6, 6.07) is 8.20. The number of amides is 1. The molecule has 0 saturated heterocycles. The first-order valence-corrected chi connectivity index (χ1v) is 7.01. The number of nitrogens with zero attached hydrogens (tertiary/aromatic N) is 1. The highest BCUT2D eigenvalue weighted by Gasteiger charge is 2.23. The van der Waals surface area contributed by atoms with Gasteiger partial charge in [0.15, 0.2) is 0 Å². The molecule has 0 aliphatic carbocycles. The van der Waals surface area contributed by atoms with Gasteiger partial charge >= 0.3 is 11.9 Å². The number of para-hydroxylation sites is 1. The molecule has 2 aromatic rings. The summed E-state index contributed by atoms with van der Waals surface area (Å²) in [5.74, 6) is -3.33. The van der Waals surface area contributed by atoms with Crippen LogP contribution in [-0.4, -0.2) is 43.9 Å². The van der Waals surface area contributed by atoms with Gasteiger partial charge in [0.2, 0.25) is 0 Å². The van der Waals surface area contributed by atoms with Crippen LogP contribution < -0.4 is 10.9 Å². The number of carboxylic acids is 2. The Kier molecular flexibility index (Phi) is 5.15. The zero-order valence-electron chi connectivity index (χ0n) is 12.4. The van der Waals surface area contributed by atoms with E-state index in [0.29, 0.717) is 5.69 Å². The number of hydrogen-bond acceptors (Lipinski definition) is 4. The summed E-state index contributed by atoms with van der Waals surface area (Å²) in [4.78, 5) is 45.7. The smallest absolute Gasteiger partial charge is 0.326 e. The Morgan fingerprint density at radius 3 is 2.42 bits per heavy atom. The number of H-pyrrole nitrogens is 1. The lowest BCUT2D eigenvalue weighted by Crippen LogP contribution is -2.41. The molecule has 2 rings (SSSR count). The third-order valence-electron chi connectivity index (χ3n) is 3.23. The standard InChI is InChI=1S/C15H15N3O6/c19-12-8-11(17-18(12)9-4-2-1-3-5-9)14(22)16-10(15(23)24)6-7-13(20)21/h1-5,8,10,17H,6-7H2,(H,16,22)(H,20,21)(H,23,24)/t10-/m0/s1. The van der Waals surface area contributed by atoms with E-state index < -0.39 is 35.9 Å². The van der Waals surface area contributed by atoms with Gasteiger partial charge in [-0.3, -0.25) is 19.5 Å². The molecule has 0 radical (unpaired) electrons. The number of carboxylic acid groups (broad SMARTS) is 2. The molecule has 1 aromatic carbocycles. The number of nitrogens with one attached hydrogen (secondary N) is 2. The highest BCUT2D eigenvalue weighted by Crippen LogP contribution is 2.04. The minimum absolute atomic E-state index is 0.120. The Hall–Kier alpha value is -3.36. The van der Waals surface area contributed by atoms with Crippen molar-refractivity contribution in [1.29, 1.82) is 0 Å². The minimum Gasteiger partial charge on any atom is -0.481 e. The van der Waals surface area contributed by atoms with Gasteiger partial charge < -0.3 is 15.5 Å². The van der Waals surface area contributed by atoms with Gasteiger partial charge in [-0.25, -0.2) is 9.48 Å². The number of carbonyl (C=O) groups excluding carboxylic acids is 1. The van der Waals surface area contributed by atoms with Gasteiger partial charge in [0.1, 0.15) is 11.7 Å². The molecule has 0 aliphatic rings. The van der Waals surface area contributed by atoms with E-state index in [2.05, 4.69) is 10.4 Å². The number of carbonyl (C=O) groups is 3. The van der Waals surface area contributed by atoms with Crippen LogP contribution >= 0.6 is 0 Å². The predicted octanol–water partition coefficient (Wildman–Crippen LogP) is 0.213. The summed E-state index contributed by atoms with van der Waals surface area (Å²) in [5.41, 5.74) is -0.0867. The van der Waals surface area contributed by atoms with E-state index >= 15 is 0 Å². The summed E-state index contributed by atoms with van der Waals surface area (Å²) < 4.78 is 1.14. The Labute approximate surface area is 135 Å². The van der Waals surface area contributed by atoms with Crippen molar-refractivity contribution in [3.8, 4) is 5.69 Å². The van der Waals surface area contributed by atoms with E-state index in [4.69, 9.17) is 10.2 Å². The first-order chi connectivity index (χ1) is 11.4. The van der Waals surface area contributed by atoms with Crippen molar-refractivity contribution < 1.29 is 24.6 Å². The fourth-order valence-corrected chi connectivity index (χ4v) is 2.04. The van der Waals surface area contributed by atoms with Gasteiger partial charge in [0.05, 0.1) is 5.69 Å². The van der Waals surface area contributed by atoms with E-state index in [0.717, 1.165) is 10.7 Å². The van der Waals surface area contributed by atoms with Crippen LogP contribution in [0.25, 0.3) is 5.69 Å². The zero-order valence-corrected chi connectivity index (χ0v) is 12.4. The van der Waals surface area contributed by atoms with Crippen molar-refractivity contribution in [2.24, 2.45) is 0 Å². The summed E-state index contributed by atoms with van der Waals surface area (Å²) in [6.45, 7) is 0. The van der Waals surface area contributed by atoms with E-state index in [9.17, 15) is 19.2 Å². The summed E-state index contributed by atoms with van der Waals surface area (Å²) >= 11 is 0. The molecule has 24 heavy (non-hydrogen) atoms. The summed E-state index contributed by atoms with van der Waals surface area (Å²) in [6.07, 6.45) is -0.668. The van der Waals surface area contributed by atoms with Gasteiger partial charge in [-0.1, -0.05) is 18.2 Å². The van der Waals surface area contributed by atoms with Crippen LogP contribution in [0, 0.1) is 0 Å².